The van der Waals surface area contributed by atoms with Crippen molar-refractivity contribution in [3.8, 4) is 11.1 Å². The van der Waals surface area contributed by atoms with Gasteiger partial charge in [0.25, 0.3) is 0 Å². The Hall–Kier alpha value is -3.67. The van der Waals surface area contributed by atoms with Crippen molar-refractivity contribution in [2.24, 2.45) is 0 Å². The van der Waals surface area contributed by atoms with Gasteiger partial charge in [-0.1, -0.05) is 60.7 Å². The minimum Gasteiger partial charge on any atom is -0.480 e. The molecule has 0 spiro atoms. The van der Waals surface area contributed by atoms with Gasteiger partial charge in [-0.25, -0.2) is 14.0 Å². The van der Waals surface area contributed by atoms with Crippen molar-refractivity contribution < 1.29 is 23.8 Å². The molecule has 4 rings (SSSR count). The molecule has 0 heterocycles. The maximum atomic E-state index is 13.8. The first kappa shape index (κ1) is 20.6. The Labute approximate surface area is 179 Å². The summed E-state index contributed by atoms with van der Waals surface area (Å²) < 4.78 is 19.2. The van der Waals surface area contributed by atoms with E-state index in [0.29, 0.717) is 11.1 Å². The van der Waals surface area contributed by atoms with E-state index >= 15 is 0 Å². The molecule has 1 amide bonds. The van der Waals surface area contributed by atoms with Crippen molar-refractivity contribution >= 4 is 12.1 Å². The van der Waals surface area contributed by atoms with E-state index in [2.05, 4.69) is 5.32 Å². The number of nitrogens with one attached hydrogen (secondary N) is 1. The SMILES string of the molecule is Cc1ccc(CC(NC(=O)OCC2c3ccccc3-c3ccccc32)C(=O)O)cc1F. The van der Waals surface area contributed by atoms with Crippen LogP contribution in [0.1, 0.15) is 28.2 Å². The lowest BCUT2D eigenvalue weighted by Gasteiger charge is -2.17. The molecular weight excluding hydrogens is 397 g/mol. The van der Waals surface area contributed by atoms with Gasteiger partial charge in [0, 0.05) is 12.3 Å². The third-order valence-corrected chi connectivity index (χ3v) is 5.61. The van der Waals surface area contributed by atoms with Crippen LogP contribution in [0.15, 0.2) is 66.7 Å². The van der Waals surface area contributed by atoms with Crippen molar-refractivity contribution in [3.63, 3.8) is 0 Å². The van der Waals surface area contributed by atoms with E-state index in [4.69, 9.17) is 4.74 Å². The van der Waals surface area contributed by atoms with Gasteiger partial charge in [-0.05, 0) is 46.4 Å². The van der Waals surface area contributed by atoms with E-state index in [1.807, 2.05) is 48.5 Å². The zero-order chi connectivity index (χ0) is 22.0. The van der Waals surface area contributed by atoms with Crippen molar-refractivity contribution in [3.05, 3.63) is 94.8 Å². The average molecular weight is 419 g/mol. The van der Waals surface area contributed by atoms with Crippen LogP contribution in [0.25, 0.3) is 11.1 Å². The number of halogens is 1. The lowest BCUT2D eigenvalue weighted by Crippen LogP contribution is -2.42. The van der Waals surface area contributed by atoms with E-state index in [1.165, 1.54) is 6.07 Å². The maximum absolute atomic E-state index is 13.8. The van der Waals surface area contributed by atoms with Gasteiger partial charge in [0.1, 0.15) is 18.5 Å². The number of ether oxygens (including phenoxy) is 1. The van der Waals surface area contributed by atoms with Crippen LogP contribution in [0.2, 0.25) is 0 Å². The Morgan fingerprint density at radius 1 is 1.03 bits per heavy atom. The van der Waals surface area contributed by atoms with Gasteiger partial charge in [0.05, 0.1) is 0 Å². The fourth-order valence-electron chi connectivity index (χ4n) is 3.98. The Balaban J connectivity index is 1.43. The second-order valence-corrected chi connectivity index (χ2v) is 7.65. The Morgan fingerprint density at radius 2 is 1.65 bits per heavy atom. The fourth-order valence-corrected chi connectivity index (χ4v) is 3.98. The summed E-state index contributed by atoms with van der Waals surface area (Å²) in [6, 6.07) is 19.2. The van der Waals surface area contributed by atoms with Crippen LogP contribution in [0, 0.1) is 12.7 Å². The van der Waals surface area contributed by atoms with Gasteiger partial charge >= 0.3 is 12.1 Å². The number of fused-ring (bicyclic) bond motifs is 3. The van der Waals surface area contributed by atoms with Crippen LogP contribution in [-0.4, -0.2) is 29.8 Å². The minimum absolute atomic E-state index is 0.0449. The topological polar surface area (TPSA) is 75.6 Å². The summed E-state index contributed by atoms with van der Waals surface area (Å²) in [6.07, 6.45) is -0.863. The standard InChI is InChI=1S/C25H22FNO4/c1-15-10-11-16(12-22(15)26)13-23(24(28)29)27-25(30)31-14-21-19-8-4-2-6-17(19)18-7-3-5-9-20(18)21/h2-12,21,23H,13-14H2,1H3,(H,27,30)(H,28,29). The van der Waals surface area contributed by atoms with E-state index in [-0.39, 0.29) is 18.9 Å². The van der Waals surface area contributed by atoms with Gasteiger partial charge < -0.3 is 15.2 Å². The monoisotopic (exact) mass is 419 g/mol. The van der Waals surface area contributed by atoms with Crippen LogP contribution >= 0.6 is 0 Å². The number of amides is 1. The van der Waals surface area contributed by atoms with Crippen LogP contribution in [0.5, 0.6) is 0 Å². The van der Waals surface area contributed by atoms with Gasteiger partial charge in [0.15, 0.2) is 0 Å². The second-order valence-electron chi connectivity index (χ2n) is 7.65. The average Bonchev–Trinajstić information content (AvgIpc) is 3.08. The number of aliphatic carboxylic acids is 1. The molecule has 3 aromatic carbocycles. The molecule has 0 saturated carbocycles. The first-order valence-electron chi connectivity index (χ1n) is 10.0. The largest absolute Gasteiger partial charge is 0.480 e. The summed E-state index contributed by atoms with van der Waals surface area (Å²) in [6.45, 7) is 1.72. The number of carboxylic acids is 1. The van der Waals surface area contributed by atoms with Crippen LogP contribution in [-0.2, 0) is 16.0 Å². The normalized spacial score (nSPS) is 13.2. The number of rotatable bonds is 6. The molecule has 31 heavy (non-hydrogen) atoms. The number of hydrogen-bond acceptors (Lipinski definition) is 3. The highest BCUT2D eigenvalue weighted by atomic mass is 19.1. The van der Waals surface area contributed by atoms with Gasteiger partial charge in [-0.2, -0.15) is 0 Å². The molecule has 2 N–H and O–H groups in total. The van der Waals surface area contributed by atoms with Crippen molar-refractivity contribution in [2.45, 2.75) is 25.3 Å². The molecule has 0 fully saturated rings. The van der Waals surface area contributed by atoms with Gasteiger partial charge in [-0.3, -0.25) is 0 Å². The number of benzene rings is 3. The predicted molar refractivity (Wildman–Crippen MR) is 114 cm³/mol. The van der Waals surface area contributed by atoms with Crippen LogP contribution < -0.4 is 5.32 Å². The van der Waals surface area contributed by atoms with E-state index in [1.54, 1.807) is 19.1 Å². The number of hydrogen-bond donors (Lipinski definition) is 2. The molecule has 5 nitrogen and oxygen atoms in total. The number of alkyl carbamates (subject to hydrolysis) is 1. The number of carbonyl (C=O) groups is 2. The molecule has 0 aliphatic heterocycles. The summed E-state index contributed by atoms with van der Waals surface area (Å²) in [5.74, 6) is -1.75. The summed E-state index contributed by atoms with van der Waals surface area (Å²) in [5.41, 5.74) is 5.31. The second kappa shape index (κ2) is 8.60. The molecule has 0 saturated heterocycles. The summed E-state index contributed by atoms with van der Waals surface area (Å²) in [7, 11) is 0. The molecule has 1 aliphatic rings. The van der Waals surface area contributed by atoms with Crippen molar-refractivity contribution in [2.75, 3.05) is 6.61 Å². The lowest BCUT2D eigenvalue weighted by atomic mass is 9.98. The zero-order valence-electron chi connectivity index (χ0n) is 17.0. The molecular formula is C25H22FNO4. The lowest BCUT2D eigenvalue weighted by molar-refractivity contribution is -0.139. The summed E-state index contributed by atoms with van der Waals surface area (Å²) >= 11 is 0. The Bertz CT molecular complexity index is 1100. The Kier molecular flexibility index (Phi) is 5.71. The van der Waals surface area contributed by atoms with Crippen molar-refractivity contribution in [1.29, 1.82) is 0 Å². The molecule has 1 unspecified atom stereocenters. The molecule has 0 radical (unpaired) electrons. The number of aryl methyl sites for hydroxylation is 1. The van der Waals surface area contributed by atoms with E-state index < -0.39 is 23.9 Å². The molecule has 0 aromatic heterocycles. The first-order valence-corrected chi connectivity index (χ1v) is 10.0. The predicted octanol–water partition coefficient (Wildman–Crippen LogP) is 4.67. The molecule has 6 heteroatoms. The zero-order valence-corrected chi connectivity index (χ0v) is 17.0. The minimum atomic E-state index is -1.22. The van der Waals surface area contributed by atoms with Crippen LogP contribution in [0.3, 0.4) is 0 Å². The molecule has 3 aromatic rings. The summed E-state index contributed by atoms with van der Waals surface area (Å²) in [5, 5.41) is 11.9. The smallest absolute Gasteiger partial charge is 0.407 e. The van der Waals surface area contributed by atoms with Gasteiger partial charge in [-0.15, -0.1) is 0 Å². The molecule has 1 aliphatic carbocycles. The number of carboxylic acid groups (broad SMARTS) is 1. The highest BCUT2D eigenvalue weighted by molar-refractivity contribution is 5.81. The highest BCUT2D eigenvalue weighted by Gasteiger charge is 2.29. The third-order valence-electron chi connectivity index (χ3n) is 5.61. The van der Waals surface area contributed by atoms with Crippen molar-refractivity contribution in [1.82, 2.24) is 5.32 Å². The quantitative estimate of drug-likeness (QED) is 0.609. The first-order chi connectivity index (χ1) is 14.9. The maximum Gasteiger partial charge on any atom is 0.407 e. The molecule has 0 bridgehead atoms. The third kappa shape index (κ3) is 4.28. The summed E-state index contributed by atoms with van der Waals surface area (Å²) in [4.78, 5) is 24.0. The van der Waals surface area contributed by atoms with Crippen LogP contribution in [0.4, 0.5) is 9.18 Å². The molecule has 1 atom stereocenters. The molecule has 158 valence electrons. The highest BCUT2D eigenvalue weighted by Crippen LogP contribution is 2.44. The van der Waals surface area contributed by atoms with Gasteiger partial charge in [0.2, 0.25) is 0 Å². The van der Waals surface area contributed by atoms with E-state index in [9.17, 15) is 19.1 Å². The Morgan fingerprint density at radius 3 is 2.23 bits per heavy atom. The fraction of sp³-hybridized carbons (Fsp3) is 0.200. The van der Waals surface area contributed by atoms with E-state index in [0.717, 1.165) is 22.3 Å². The number of carbonyl (C=O) groups excluding carboxylic acids is 1.